The van der Waals surface area contributed by atoms with Crippen LogP contribution in [-0.4, -0.2) is 40.7 Å². The molecule has 1 aliphatic rings. The van der Waals surface area contributed by atoms with Crippen molar-refractivity contribution in [3.05, 3.63) is 24.0 Å². The van der Waals surface area contributed by atoms with Crippen molar-refractivity contribution in [1.82, 2.24) is 9.88 Å². The Labute approximate surface area is 87.2 Å². The van der Waals surface area contributed by atoms with E-state index in [-0.39, 0.29) is 24.3 Å². The number of amides is 1. The van der Waals surface area contributed by atoms with Gasteiger partial charge in [0.15, 0.2) is 5.78 Å². The van der Waals surface area contributed by atoms with Crippen LogP contribution >= 0.6 is 0 Å². The number of nitrogens with zero attached hydrogens (tertiary/aromatic N) is 1. The number of H-pyrrole nitrogens is 1. The van der Waals surface area contributed by atoms with E-state index in [1.165, 1.54) is 0 Å². The van der Waals surface area contributed by atoms with Crippen LogP contribution in [0.4, 0.5) is 0 Å². The Morgan fingerprint density at radius 3 is 2.87 bits per heavy atom. The first-order valence-electron chi connectivity index (χ1n) is 4.88. The molecule has 80 valence electrons. The molecular weight excluding hydrogens is 194 g/mol. The second-order valence-corrected chi connectivity index (χ2v) is 3.68. The molecule has 1 aromatic rings. The first-order valence-corrected chi connectivity index (χ1v) is 4.88. The van der Waals surface area contributed by atoms with Crippen molar-refractivity contribution in [1.29, 1.82) is 0 Å². The number of primary amides is 1. The van der Waals surface area contributed by atoms with Gasteiger partial charge in [-0.2, -0.15) is 0 Å². The molecule has 1 unspecified atom stereocenters. The number of carbonyl (C=O) groups excluding carboxylic acids is 2. The number of hydrogen-bond donors (Lipinski definition) is 2. The van der Waals surface area contributed by atoms with Gasteiger partial charge in [0.25, 0.3) is 0 Å². The third-order valence-corrected chi connectivity index (χ3v) is 2.70. The average molecular weight is 207 g/mol. The zero-order chi connectivity index (χ0) is 10.8. The third kappa shape index (κ3) is 1.92. The highest BCUT2D eigenvalue weighted by Crippen LogP contribution is 2.16. The lowest BCUT2D eigenvalue weighted by Crippen LogP contribution is -2.56. The summed E-state index contributed by atoms with van der Waals surface area (Å²) in [6, 6.07) is 3.24. The van der Waals surface area contributed by atoms with E-state index >= 15 is 0 Å². The maximum absolute atomic E-state index is 11.7. The Hall–Kier alpha value is -1.62. The standard InChI is InChI=1S/C10H13N3O2/c11-10(15)8-3-5-13(8)6-9(14)7-2-1-4-12-7/h1-2,4,8,12H,3,5-6H2,(H2,11,15). The van der Waals surface area contributed by atoms with Crippen LogP contribution in [0.25, 0.3) is 0 Å². The summed E-state index contributed by atoms with van der Waals surface area (Å²) in [4.78, 5) is 27.2. The number of nitrogens with one attached hydrogen (secondary N) is 1. The summed E-state index contributed by atoms with van der Waals surface area (Å²) in [7, 11) is 0. The van der Waals surface area contributed by atoms with Crippen LogP contribution in [0.3, 0.4) is 0 Å². The lowest BCUT2D eigenvalue weighted by Gasteiger charge is -2.37. The lowest BCUT2D eigenvalue weighted by molar-refractivity contribution is -0.126. The van der Waals surface area contributed by atoms with Crippen LogP contribution in [0.1, 0.15) is 16.9 Å². The van der Waals surface area contributed by atoms with Crippen molar-refractivity contribution >= 4 is 11.7 Å². The van der Waals surface area contributed by atoms with Gasteiger partial charge >= 0.3 is 0 Å². The molecule has 2 rings (SSSR count). The number of Topliss-reactive ketones (excluding diaryl/α,β-unsaturated/α-hetero) is 1. The van der Waals surface area contributed by atoms with E-state index in [1.807, 2.05) is 0 Å². The van der Waals surface area contributed by atoms with Gasteiger partial charge in [-0.05, 0) is 18.6 Å². The molecule has 0 radical (unpaired) electrons. The van der Waals surface area contributed by atoms with Crippen LogP contribution in [0.5, 0.6) is 0 Å². The van der Waals surface area contributed by atoms with E-state index < -0.39 is 0 Å². The quantitative estimate of drug-likeness (QED) is 0.668. The fraction of sp³-hybridized carbons (Fsp3) is 0.400. The Bertz CT molecular complexity index is 372. The van der Waals surface area contributed by atoms with E-state index in [0.717, 1.165) is 13.0 Å². The molecule has 0 bridgehead atoms. The van der Waals surface area contributed by atoms with Crippen molar-refractivity contribution in [2.75, 3.05) is 13.1 Å². The van der Waals surface area contributed by atoms with E-state index in [9.17, 15) is 9.59 Å². The zero-order valence-corrected chi connectivity index (χ0v) is 8.27. The Morgan fingerprint density at radius 1 is 1.60 bits per heavy atom. The minimum Gasteiger partial charge on any atom is -0.368 e. The summed E-state index contributed by atoms with van der Waals surface area (Å²) < 4.78 is 0. The Balaban J connectivity index is 1.93. The van der Waals surface area contributed by atoms with Gasteiger partial charge in [-0.1, -0.05) is 0 Å². The first-order chi connectivity index (χ1) is 7.18. The normalized spacial score (nSPS) is 20.9. The van der Waals surface area contributed by atoms with Crippen LogP contribution in [0, 0.1) is 0 Å². The van der Waals surface area contributed by atoms with Gasteiger partial charge in [0.05, 0.1) is 18.3 Å². The Kier molecular flexibility index (Phi) is 2.55. The van der Waals surface area contributed by atoms with Crippen LogP contribution in [0.2, 0.25) is 0 Å². The molecule has 2 heterocycles. The molecule has 1 aromatic heterocycles. The summed E-state index contributed by atoms with van der Waals surface area (Å²) in [5, 5.41) is 0. The summed E-state index contributed by atoms with van der Waals surface area (Å²) in [6.45, 7) is 1.02. The Morgan fingerprint density at radius 2 is 2.40 bits per heavy atom. The number of likely N-dealkylation sites (tertiary alicyclic amines) is 1. The number of hydrogen-bond acceptors (Lipinski definition) is 3. The number of aromatic amines is 1. The molecule has 5 nitrogen and oxygen atoms in total. The number of carbonyl (C=O) groups is 2. The average Bonchev–Trinajstić information content (AvgIpc) is 2.63. The summed E-state index contributed by atoms with van der Waals surface area (Å²) in [5.41, 5.74) is 5.76. The molecule has 0 spiro atoms. The summed E-state index contributed by atoms with van der Waals surface area (Å²) in [6.07, 6.45) is 2.46. The maximum Gasteiger partial charge on any atom is 0.234 e. The van der Waals surface area contributed by atoms with E-state index in [0.29, 0.717) is 5.69 Å². The predicted octanol–water partition coefficient (Wildman–Crippen LogP) is -0.243. The first kappa shape index (κ1) is 9.92. The minimum absolute atomic E-state index is 0.00838. The molecule has 1 amide bonds. The molecule has 3 N–H and O–H groups in total. The van der Waals surface area contributed by atoms with Gasteiger partial charge in [0, 0.05) is 12.7 Å². The van der Waals surface area contributed by atoms with Crippen molar-refractivity contribution in [3.63, 3.8) is 0 Å². The van der Waals surface area contributed by atoms with Crippen molar-refractivity contribution in [2.24, 2.45) is 5.73 Å². The molecular formula is C10H13N3O2. The van der Waals surface area contributed by atoms with E-state index in [4.69, 9.17) is 5.73 Å². The molecule has 1 atom stereocenters. The molecule has 1 saturated heterocycles. The predicted molar refractivity (Wildman–Crippen MR) is 54.3 cm³/mol. The van der Waals surface area contributed by atoms with Crippen molar-refractivity contribution < 1.29 is 9.59 Å². The highest BCUT2D eigenvalue weighted by Gasteiger charge is 2.33. The van der Waals surface area contributed by atoms with Crippen LogP contribution < -0.4 is 5.73 Å². The monoisotopic (exact) mass is 207 g/mol. The third-order valence-electron chi connectivity index (χ3n) is 2.70. The second-order valence-electron chi connectivity index (χ2n) is 3.68. The van der Waals surface area contributed by atoms with Gasteiger partial charge in [-0.15, -0.1) is 0 Å². The number of ketones is 1. The zero-order valence-electron chi connectivity index (χ0n) is 8.27. The molecule has 1 aliphatic heterocycles. The minimum atomic E-state index is -0.347. The van der Waals surface area contributed by atoms with Crippen molar-refractivity contribution in [3.8, 4) is 0 Å². The fourth-order valence-electron chi connectivity index (χ4n) is 1.73. The summed E-state index contributed by atoms with van der Waals surface area (Å²) in [5.74, 6) is -0.355. The second kappa shape index (κ2) is 3.86. The molecule has 0 aliphatic carbocycles. The van der Waals surface area contributed by atoms with Gasteiger partial charge in [-0.25, -0.2) is 0 Å². The molecule has 15 heavy (non-hydrogen) atoms. The SMILES string of the molecule is NC(=O)C1CCN1CC(=O)c1ccc[nH]1. The smallest absolute Gasteiger partial charge is 0.234 e. The van der Waals surface area contributed by atoms with E-state index in [2.05, 4.69) is 4.98 Å². The topological polar surface area (TPSA) is 79.2 Å². The lowest BCUT2D eigenvalue weighted by atomic mass is 10.0. The molecule has 0 saturated carbocycles. The molecule has 5 heteroatoms. The van der Waals surface area contributed by atoms with Crippen LogP contribution in [-0.2, 0) is 4.79 Å². The van der Waals surface area contributed by atoms with Crippen LogP contribution in [0.15, 0.2) is 18.3 Å². The van der Waals surface area contributed by atoms with Gasteiger partial charge in [0.1, 0.15) is 0 Å². The highest BCUT2D eigenvalue weighted by molar-refractivity contribution is 5.96. The van der Waals surface area contributed by atoms with E-state index in [1.54, 1.807) is 23.2 Å². The molecule has 1 fully saturated rings. The van der Waals surface area contributed by atoms with Gasteiger partial charge in [-0.3, -0.25) is 14.5 Å². The largest absolute Gasteiger partial charge is 0.368 e. The van der Waals surface area contributed by atoms with Crippen molar-refractivity contribution in [2.45, 2.75) is 12.5 Å². The van der Waals surface area contributed by atoms with Gasteiger partial charge < -0.3 is 10.7 Å². The number of nitrogens with two attached hydrogens (primary N) is 1. The van der Waals surface area contributed by atoms with Gasteiger partial charge in [0.2, 0.25) is 5.91 Å². The number of rotatable bonds is 4. The summed E-state index contributed by atoms with van der Waals surface area (Å²) >= 11 is 0. The number of aromatic nitrogens is 1. The maximum atomic E-state index is 11.7. The highest BCUT2D eigenvalue weighted by atomic mass is 16.2. The fourth-order valence-corrected chi connectivity index (χ4v) is 1.73. The molecule has 0 aromatic carbocycles.